The molecule has 0 unspecified atom stereocenters. The van der Waals surface area contributed by atoms with Gasteiger partial charge in [-0.15, -0.1) is 0 Å². The molecule has 0 aliphatic carbocycles. The van der Waals surface area contributed by atoms with Crippen molar-refractivity contribution in [2.24, 2.45) is 7.05 Å². The number of amides is 3. The minimum atomic E-state index is -0.537. The number of imide groups is 1. The maximum absolute atomic E-state index is 12.1. The van der Waals surface area contributed by atoms with Gasteiger partial charge in [0.2, 0.25) is 5.91 Å². The van der Waals surface area contributed by atoms with E-state index in [1.807, 2.05) is 11.9 Å². The van der Waals surface area contributed by atoms with Crippen molar-refractivity contribution in [1.29, 1.82) is 0 Å². The van der Waals surface area contributed by atoms with E-state index in [0.717, 1.165) is 29.9 Å². The van der Waals surface area contributed by atoms with Crippen LogP contribution in [0.1, 0.15) is 5.76 Å². The second-order valence-corrected chi connectivity index (χ2v) is 6.78. The highest BCUT2D eigenvalue weighted by Crippen LogP contribution is 2.23. The number of anilines is 1. The van der Waals surface area contributed by atoms with Crippen LogP contribution in [-0.2, 0) is 18.4 Å². The van der Waals surface area contributed by atoms with Gasteiger partial charge in [-0.3, -0.25) is 19.7 Å². The molecule has 1 saturated heterocycles. The van der Waals surface area contributed by atoms with Gasteiger partial charge in [0.25, 0.3) is 0 Å². The third-order valence-corrected chi connectivity index (χ3v) is 4.80. The lowest BCUT2D eigenvalue weighted by molar-refractivity contribution is -0.121. The van der Waals surface area contributed by atoms with Crippen molar-refractivity contribution in [3.8, 4) is 0 Å². The van der Waals surface area contributed by atoms with Gasteiger partial charge in [0.15, 0.2) is 5.65 Å². The molecule has 11 heteroatoms. The van der Waals surface area contributed by atoms with Crippen LogP contribution in [0.3, 0.4) is 0 Å². The summed E-state index contributed by atoms with van der Waals surface area (Å²) < 4.78 is 6.85. The van der Waals surface area contributed by atoms with Crippen LogP contribution in [0, 0.1) is 0 Å². The molecule has 3 aromatic rings. The molecule has 0 bridgehead atoms. The second kappa shape index (κ2) is 8.27. The van der Waals surface area contributed by atoms with Crippen molar-refractivity contribution in [3.05, 3.63) is 36.7 Å². The first kappa shape index (κ1) is 18.9. The number of furan rings is 1. The van der Waals surface area contributed by atoms with Crippen LogP contribution >= 0.6 is 0 Å². The summed E-state index contributed by atoms with van der Waals surface area (Å²) in [6, 6.07) is 2.95. The van der Waals surface area contributed by atoms with Crippen molar-refractivity contribution in [2.75, 3.05) is 37.6 Å². The summed E-state index contributed by atoms with van der Waals surface area (Å²) in [5, 5.41) is 10.1. The third kappa shape index (κ3) is 4.35. The molecule has 2 N–H and O–H groups in total. The van der Waals surface area contributed by atoms with Crippen LogP contribution in [0.15, 0.2) is 35.3 Å². The van der Waals surface area contributed by atoms with E-state index < -0.39 is 6.03 Å². The van der Waals surface area contributed by atoms with Gasteiger partial charge in [0.1, 0.15) is 17.9 Å². The molecule has 0 atom stereocenters. The normalized spacial score (nSPS) is 14.9. The molecule has 4 rings (SSSR count). The highest BCUT2D eigenvalue weighted by Gasteiger charge is 2.22. The Hall–Kier alpha value is -3.47. The van der Waals surface area contributed by atoms with Crippen LogP contribution in [-0.4, -0.2) is 69.3 Å². The number of aromatic nitrogens is 4. The highest BCUT2D eigenvalue weighted by molar-refractivity contribution is 5.95. The Morgan fingerprint density at radius 3 is 2.79 bits per heavy atom. The number of hydrogen-bond donors (Lipinski definition) is 2. The van der Waals surface area contributed by atoms with Gasteiger partial charge in [0.05, 0.1) is 30.9 Å². The quantitative estimate of drug-likeness (QED) is 0.621. The van der Waals surface area contributed by atoms with Gasteiger partial charge in [-0.2, -0.15) is 5.10 Å². The summed E-state index contributed by atoms with van der Waals surface area (Å²) in [4.78, 5) is 36.8. The van der Waals surface area contributed by atoms with Gasteiger partial charge in [-0.25, -0.2) is 14.8 Å². The number of carbonyl (C=O) groups excluding carboxylic acids is 2. The molecule has 1 fully saturated rings. The minimum absolute atomic E-state index is 0.161. The monoisotopic (exact) mass is 398 g/mol. The number of carbonyl (C=O) groups is 2. The average Bonchev–Trinajstić information content (AvgIpc) is 3.37. The summed E-state index contributed by atoms with van der Waals surface area (Å²) in [6.07, 6.45) is 4.84. The first-order valence-corrected chi connectivity index (χ1v) is 9.30. The maximum atomic E-state index is 12.1. The van der Waals surface area contributed by atoms with Gasteiger partial charge in [-0.05, 0) is 12.1 Å². The van der Waals surface area contributed by atoms with Gasteiger partial charge >= 0.3 is 6.03 Å². The molecular formula is C18H22N8O3. The maximum Gasteiger partial charge on any atom is 0.321 e. The zero-order valence-corrected chi connectivity index (χ0v) is 16.0. The lowest BCUT2D eigenvalue weighted by Gasteiger charge is -2.35. The Kier molecular flexibility index (Phi) is 5.38. The Morgan fingerprint density at radius 2 is 2.03 bits per heavy atom. The first-order valence-electron chi connectivity index (χ1n) is 9.30. The average molecular weight is 398 g/mol. The zero-order valence-electron chi connectivity index (χ0n) is 16.0. The molecule has 11 nitrogen and oxygen atoms in total. The molecule has 0 saturated carbocycles. The van der Waals surface area contributed by atoms with Crippen LogP contribution in [0.4, 0.5) is 10.6 Å². The fraction of sp³-hybridized carbons (Fsp3) is 0.389. The van der Waals surface area contributed by atoms with E-state index >= 15 is 0 Å². The fourth-order valence-corrected chi connectivity index (χ4v) is 3.31. The van der Waals surface area contributed by atoms with E-state index in [1.54, 1.807) is 29.3 Å². The Morgan fingerprint density at radius 1 is 1.21 bits per heavy atom. The number of aryl methyl sites for hydroxylation is 1. The van der Waals surface area contributed by atoms with Crippen molar-refractivity contribution in [3.63, 3.8) is 0 Å². The SMILES string of the molecule is Cn1ncc2c(N3CCN(CC(=O)NC(=O)NCc4ccco4)CC3)ncnc21. The fourth-order valence-electron chi connectivity index (χ4n) is 3.31. The lowest BCUT2D eigenvalue weighted by atomic mass is 10.2. The largest absolute Gasteiger partial charge is 0.467 e. The number of nitrogens with zero attached hydrogens (tertiary/aromatic N) is 6. The Labute approximate surface area is 166 Å². The van der Waals surface area contributed by atoms with Crippen LogP contribution in [0.2, 0.25) is 0 Å². The molecule has 1 aliphatic heterocycles. The predicted molar refractivity (Wildman–Crippen MR) is 104 cm³/mol. The zero-order chi connectivity index (χ0) is 20.2. The number of hydrogen-bond acceptors (Lipinski definition) is 8. The number of piperazine rings is 1. The smallest absolute Gasteiger partial charge is 0.321 e. The van der Waals surface area contributed by atoms with Gasteiger partial charge in [-0.1, -0.05) is 0 Å². The van der Waals surface area contributed by atoms with Crippen LogP contribution in [0.5, 0.6) is 0 Å². The van der Waals surface area contributed by atoms with Crippen LogP contribution < -0.4 is 15.5 Å². The van der Waals surface area contributed by atoms with Crippen LogP contribution in [0.25, 0.3) is 11.0 Å². The first-order chi connectivity index (χ1) is 14.1. The molecule has 0 radical (unpaired) electrons. The highest BCUT2D eigenvalue weighted by atomic mass is 16.3. The molecule has 29 heavy (non-hydrogen) atoms. The second-order valence-electron chi connectivity index (χ2n) is 6.78. The lowest BCUT2D eigenvalue weighted by Crippen LogP contribution is -2.51. The predicted octanol–water partition coefficient (Wildman–Crippen LogP) is 0.104. The van der Waals surface area contributed by atoms with E-state index in [0.29, 0.717) is 18.8 Å². The third-order valence-electron chi connectivity index (χ3n) is 4.80. The van der Waals surface area contributed by atoms with Crippen molar-refractivity contribution in [2.45, 2.75) is 6.54 Å². The Bertz CT molecular complexity index is 992. The molecule has 3 aromatic heterocycles. The van der Waals surface area contributed by atoms with E-state index in [-0.39, 0.29) is 19.0 Å². The van der Waals surface area contributed by atoms with Crippen molar-refractivity contribution in [1.82, 2.24) is 35.3 Å². The number of nitrogens with one attached hydrogen (secondary N) is 2. The molecule has 152 valence electrons. The Balaban J connectivity index is 1.25. The molecular weight excluding hydrogens is 376 g/mol. The minimum Gasteiger partial charge on any atom is -0.467 e. The molecule has 3 amide bonds. The summed E-state index contributed by atoms with van der Waals surface area (Å²) in [5.41, 5.74) is 0.789. The summed E-state index contributed by atoms with van der Waals surface area (Å²) in [6.45, 7) is 3.21. The molecule has 0 aromatic carbocycles. The molecule has 1 aliphatic rings. The number of rotatable bonds is 5. The standard InChI is InChI=1S/C18H22N8O3/c1-24-16-14(10-22-24)17(21-12-20-16)26-6-4-25(5-7-26)11-15(27)23-18(28)19-9-13-3-2-8-29-13/h2-3,8,10,12H,4-7,9,11H2,1H3,(H2,19,23,27,28). The van der Waals surface area contributed by atoms with Crippen molar-refractivity contribution >= 4 is 28.8 Å². The molecule has 0 spiro atoms. The summed E-state index contributed by atoms with van der Waals surface area (Å²) >= 11 is 0. The molecule has 4 heterocycles. The van der Waals surface area contributed by atoms with Crippen molar-refractivity contribution < 1.29 is 14.0 Å². The summed E-state index contributed by atoms with van der Waals surface area (Å²) in [7, 11) is 1.85. The number of fused-ring (bicyclic) bond motifs is 1. The topological polar surface area (TPSA) is 121 Å². The van der Waals surface area contributed by atoms with Gasteiger partial charge in [0, 0.05) is 33.2 Å². The summed E-state index contributed by atoms with van der Waals surface area (Å²) in [5.74, 6) is 1.13. The van der Waals surface area contributed by atoms with E-state index in [4.69, 9.17) is 4.42 Å². The van der Waals surface area contributed by atoms with Gasteiger partial charge < -0.3 is 14.6 Å². The van der Waals surface area contributed by atoms with E-state index in [2.05, 4.69) is 30.6 Å². The number of urea groups is 1. The van der Waals surface area contributed by atoms with E-state index in [1.165, 1.54) is 6.26 Å². The van der Waals surface area contributed by atoms with E-state index in [9.17, 15) is 9.59 Å².